The molecular weight excluding hydrogens is 385 g/mol. The van der Waals surface area contributed by atoms with E-state index in [2.05, 4.69) is 5.32 Å². The van der Waals surface area contributed by atoms with E-state index in [1.165, 1.54) is 18.2 Å². The predicted octanol–water partition coefficient (Wildman–Crippen LogP) is 4.04. The number of para-hydroxylation sites is 1. The van der Waals surface area contributed by atoms with Gasteiger partial charge in [0.1, 0.15) is 12.3 Å². The van der Waals surface area contributed by atoms with Gasteiger partial charge in [0.2, 0.25) is 5.91 Å². The first kappa shape index (κ1) is 20.6. The summed E-state index contributed by atoms with van der Waals surface area (Å²) in [5.74, 6) is -0.834. The average molecular weight is 401 g/mol. The fourth-order valence-corrected chi connectivity index (χ4v) is 2.20. The summed E-state index contributed by atoms with van der Waals surface area (Å²) in [5.41, 5.74) is 0.0578. The Morgan fingerprint density at radius 1 is 1.04 bits per heavy atom. The highest BCUT2D eigenvalue weighted by molar-refractivity contribution is 6.30. The Morgan fingerprint density at radius 2 is 1.70 bits per heavy atom. The summed E-state index contributed by atoms with van der Waals surface area (Å²) in [6.45, 7) is -1.38. The van der Waals surface area contributed by atoms with E-state index in [-0.39, 0.29) is 24.3 Å². The molecule has 5 nitrogen and oxygen atoms in total. The van der Waals surface area contributed by atoms with Gasteiger partial charge in [-0.05, 0) is 36.4 Å². The smallest absolute Gasteiger partial charge is 0.405 e. The van der Waals surface area contributed by atoms with E-state index in [1.54, 1.807) is 35.6 Å². The third-order valence-electron chi connectivity index (χ3n) is 3.31. The van der Waals surface area contributed by atoms with E-state index in [0.29, 0.717) is 10.8 Å². The van der Waals surface area contributed by atoms with Crippen LogP contribution in [0.1, 0.15) is 16.8 Å². The van der Waals surface area contributed by atoms with Gasteiger partial charge in [0.25, 0.3) is 5.91 Å². The molecule has 0 aliphatic heterocycles. The van der Waals surface area contributed by atoms with Gasteiger partial charge in [0.15, 0.2) is 0 Å². The molecule has 27 heavy (non-hydrogen) atoms. The summed E-state index contributed by atoms with van der Waals surface area (Å²) in [5, 5.41) is 4.83. The van der Waals surface area contributed by atoms with Crippen molar-refractivity contribution in [3.05, 3.63) is 59.1 Å². The van der Waals surface area contributed by atoms with Crippen molar-refractivity contribution in [3.63, 3.8) is 0 Å². The summed E-state index contributed by atoms with van der Waals surface area (Å²) in [6.07, 6.45) is -4.53. The molecule has 0 heterocycles. The molecule has 9 heteroatoms. The number of amides is 2. The van der Waals surface area contributed by atoms with E-state index in [1.807, 2.05) is 0 Å². The zero-order chi connectivity index (χ0) is 19.9. The van der Waals surface area contributed by atoms with Gasteiger partial charge in [-0.25, -0.2) is 0 Å². The molecule has 2 rings (SSSR count). The summed E-state index contributed by atoms with van der Waals surface area (Å²) in [7, 11) is 0. The number of benzene rings is 2. The minimum Gasteiger partial charge on any atom is -0.493 e. The van der Waals surface area contributed by atoms with Crippen LogP contribution in [0.25, 0.3) is 0 Å². The first-order valence-electron chi connectivity index (χ1n) is 7.87. The molecule has 0 aliphatic rings. The van der Waals surface area contributed by atoms with Gasteiger partial charge in [0.05, 0.1) is 24.3 Å². The number of rotatable bonds is 7. The molecule has 2 aromatic rings. The Kier molecular flexibility index (Phi) is 7.06. The van der Waals surface area contributed by atoms with Crippen LogP contribution in [0.4, 0.5) is 18.9 Å². The first-order valence-corrected chi connectivity index (χ1v) is 8.24. The molecule has 2 aromatic carbocycles. The van der Waals surface area contributed by atoms with E-state index < -0.39 is 24.5 Å². The zero-order valence-corrected chi connectivity index (χ0v) is 14.7. The third-order valence-corrected chi connectivity index (χ3v) is 3.56. The summed E-state index contributed by atoms with van der Waals surface area (Å²) in [6, 6.07) is 12.4. The van der Waals surface area contributed by atoms with Gasteiger partial charge in [-0.3, -0.25) is 9.59 Å². The molecule has 0 radical (unpaired) electrons. The quantitative estimate of drug-likeness (QED) is 0.737. The molecule has 2 amide bonds. The van der Waals surface area contributed by atoms with Crippen LogP contribution >= 0.6 is 11.6 Å². The molecule has 0 saturated carbocycles. The van der Waals surface area contributed by atoms with Gasteiger partial charge in [-0.15, -0.1) is 0 Å². The fraction of sp³-hybridized carbons (Fsp3) is 0.222. The highest BCUT2D eigenvalue weighted by Crippen LogP contribution is 2.18. The molecule has 0 aliphatic carbocycles. The Morgan fingerprint density at radius 3 is 2.37 bits per heavy atom. The monoisotopic (exact) mass is 400 g/mol. The van der Waals surface area contributed by atoms with Crippen LogP contribution in [0.15, 0.2) is 48.5 Å². The van der Waals surface area contributed by atoms with E-state index in [4.69, 9.17) is 16.3 Å². The third kappa shape index (κ3) is 7.18. The standard InChI is InChI=1S/C18H16ClF3N2O3/c19-12-5-7-13(8-6-12)27-10-9-16(25)24-15-4-2-1-3-14(15)17(26)23-11-18(20,21)22/h1-8H,9-11H2,(H,23,26)(H,24,25). The van der Waals surface area contributed by atoms with Gasteiger partial charge in [-0.2, -0.15) is 13.2 Å². The van der Waals surface area contributed by atoms with Crippen molar-refractivity contribution >= 4 is 29.1 Å². The minimum absolute atomic E-state index is 0.0128. The Labute approximate surface area is 158 Å². The van der Waals surface area contributed by atoms with E-state index in [9.17, 15) is 22.8 Å². The minimum atomic E-state index is -4.52. The van der Waals surface area contributed by atoms with Crippen molar-refractivity contribution in [3.8, 4) is 5.75 Å². The largest absolute Gasteiger partial charge is 0.493 e. The predicted molar refractivity (Wildman–Crippen MR) is 95.0 cm³/mol. The fourth-order valence-electron chi connectivity index (χ4n) is 2.07. The lowest BCUT2D eigenvalue weighted by molar-refractivity contribution is -0.123. The Balaban J connectivity index is 1.89. The molecule has 0 atom stereocenters. The number of ether oxygens (including phenoxy) is 1. The lowest BCUT2D eigenvalue weighted by atomic mass is 10.1. The lowest BCUT2D eigenvalue weighted by Crippen LogP contribution is -2.34. The molecule has 0 aromatic heterocycles. The highest BCUT2D eigenvalue weighted by Gasteiger charge is 2.28. The number of hydrogen-bond donors (Lipinski definition) is 2. The number of carbonyl (C=O) groups is 2. The maximum atomic E-state index is 12.2. The van der Waals surface area contributed by atoms with Crippen LogP contribution in [0.2, 0.25) is 5.02 Å². The van der Waals surface area contributed by atoms with E-state index in [0.717, 1.165) is 0 Å². The second kappa shape index (κ2) is 9.27. The molecule has 0 spiro atoms. The van der Waals surface area contributed by atoms with Crippen molar-refractivity contribution in [1.29, 1.82) is 0 Å². The van der Waals surface area contributed by atoms with Gasteiger partial charge < -0.3 is 15.4 Å². The average Bonchev–Trinajstić information content (AvgIpc) is 2.61. The molecule has 144 valence electrons. The maximum Gasteiger partial charge on any atom is 0.405 e. The van der Waals surface area contributed by atoms with Crippen LogP contribution in [-0.4, -0.2) is 31.1 Å². The van der Waals surface area contributed by atoms with Crippen molar-refractivity contribution in [1.82, 2.24) is 5.32 Å². The lowest BCUT2D eigenvalue weighted by Gasteiger charge is -2.13. The zero-order valence-electron chi connectivity index (χ0n) is 14.0. The topological polar surface area (TPSA) is 67.4 Å². The van der Waals surface area contributed by atoms with Gasteiger partial charge >= 0.3 is 6.18 Å². The molecule has 0 fully saturated rings. The highest BCUT2D eigenvalue weighted by atomic mass is 35.5. The second-order valence-corrected chi connectivity index (χ2v) is 5.88. The van der Waals surface area contributed by atoms with Crippen molar-refractivity contribution in [2.24, 2.45) is 0 Å². The van der Waals surface area contributed by atoms with Crippen LogP contribution in [0.3, 0.4) is 0 Å². The van der Waals surface area contributed by atoms with Crippen molar-refractivity contribution < 1.29 is 27.5 Å². The molecule has 0 bridgehead atoms. The normalized spacial score (nSPS) is 11.0. The number of nitrogens with one attached hydrogen (secondary N) is 2. The van der Waals surface area contributed by atoms with Crippen LogP contribution in [-0.2, 0) is 4.79 Å². The molecule has 2 N–H and O–H groups in total. The Bertz CT molecular complexity index is 795. The van der Waals surface area contributed by atoms with Gasteiger partial charge in [-0.1, -0.05) is 23.7 Å². The summed E-state index contributed by atoms with van der Waals surface area (Å²) < 4.78 is 42.1. The molecular formula is C18H16ClF3N2O3. The number of carbonyl (C=O) groups excluding carboxylic acids is 2. The first-order chi connectivity index (χ1) is 12.7. The maximum absolute atomic E-state index is 12.2. The van der Waals surface area contributed by atoms with Crippen molar-refractivity contribution in [2.45, 2.75) is 12.6 Å². The Hall–Kier alpha value is -2.74. The number of halogens is 4. The number of hydrogen-bond acceptors (Lipinski definition) is 3. The SMILES string of the molecule is O=C(CCOc1ccc(Cl)cc1)Nc1ccccc1C(=O)NCC(F)(F)F. The summed E-state index contributed by atoms with van der Waals surface area (Å²) >= 11 is 5.76. The molecule has 0 saturated heterocycles. The number of alkyl halides is 3. The molecule has 0 unspecified atom stereocenters. The van der Waals surface area contributed by atoms with Crippen LogP contribution in [0.5, 0.6) is 5.75 Å². The van der Waals surface area contributed by atoms with Crippen LogP contribution < -0.4 is 15.4 Å². The van der Waals surface area contributed by atoms with Crippen LogP contribution in [0, 0.1) is 0 Å². The van der Waals surface area contributed by atoms with Crippen molar-refractivity contribution in [2.75, 3.05) is 18.5 Å². The van der Waals surface area contributed by atoms with Gasteiger partial charge in [0, 0.05) is 5.02 Å². The van der Waals surface area contributed by atoms with E-state index >= 15 is 0 Å². The number of anilines is 1. The second-order valence-electron chi connectivity index (χ2n) is 5.44. The summed E-state index contributed by atoms with van der Waals surface area (Å²) in [4.78, 5) is 23.9.